The van der Waals surface area contributed by atoms with Gasteiger partial charge in [-0.25, -0.2) is 13.4 Å². The Labute approximate surface area is 154 Å². The lowest BCUT2D eigenvalue weighted by Gasteiger charge is -2.18. The van der Waals surface area contributed by atoms with E-state index in [0.29, 0.717) is 13.1 Å². The Balaban J connectivity index is 1.72. The van der Waals surface area contributed by atoms with E-state index in [1.54, 1.807) is 11.9 Å². The molecule has 1 fully saturated rings. The van der Waals surface area contributed by atoms with Gasteiger partial charge in [0.05, 0.1) is 6.33 Å². The molecule has 0 spiro atoms. The standard InChI is InChI=1S/C18H24N4O3S/c1-14-6-7-16(10-15(14)2)20(3)18(23)12-21-11-17(19-13-21)26(24,25)22-8-4-5-9-22/h6-7,10-11,13H,4-5,8-9,12H2,1-3H3. The van der Waals surface area contributed by atoms with Crippen LogP contribution in [0.25, 0.3) is 0 Å². The van der Waals surface area contributed by atoms with Crippen molar-refractivity contribution in [2.24, 2.45) is 0 Å². The molecule has 0 atom stereocenters. The van der Waals surface area contributed by atoms with Crippen molar-refractivity contribution in [2.45, 2.75) is 38.3 Å². The molecule has 0 radical (unpaired) electrons. The van der Waals surface area contributed by atoms with Gasteiger partial charge in [0, 0.05) is 32.0 Å². The van der Waals surface area contributed by atoms with Crippen LogP contribution in [0.1, 0.15) is 24.0 Å². The van der Waals surface area contributed by atoms with Crippen LogP contribution >= 0.6 is 0 Å². The van der Waals surface area contributed by atoms with E-state index in [-0.39, 0.29) is 17.5 Å². The molecule has 0 aliphatic carbocycles. The first-order valence-electron chi connectivity index (χ1n) is 8.65. The van der Waals surface area contributed by atoms with Crippen molar-refractivity contribution in [1.29, 1.82) is 0 Å². The minimum Gasteiger partial charge on any atom is -0.327 e. The number of imidazole rings is 1. The lowest BCUT2D eigenvalue weighted by atomic mass is 10.1. The molecule has 0 saturated carbocycles. The van der Waals surface area contributed by atoms with Crippen molar-refractivity contribution in [3.8, 4) is 0 Å². The van der Waals surface area contributed by atoms with E-state index in [1.807, 2.05) is 32.0 Å². The Bertz CT molecular complexity index is 914. The van der Waals surface area contributed by atoms with Gasteiger partial charge in [0.25, 0.3) is 10.0 Å². The number of aryl methyl sites for hydroxylation is 2. The third kappa shape index (κ3) is 3.66. The van der Waals surface area contributed by atoms with E-state index in [9.17, 15) is 13.2 Å². The van der Waals surface area contributed by atoms with E-state index in [1.165, 1.54) is 27.0 Å². The zero-order chi connectivity index (χ0) is 18.9. The fourth-order valence-electron chi connectivity index (χ4n) is 2.96. The van der Waals surface area contributed by atoms with Crippen molar-refractivity contribution in [1.82, 2.24) is 13.9 Å². The van der Waals surface area contributed by atoms with Gasteiger partial charge in [-0.1, -0.05) is 6.07 Å². The molecule has 7 nitrogen and oxygen atoms in total. The van der Waals surface area contributed by atoms with Crippen molar-refractivity contribution < 1.29 is 13.2 Å². The minimum absolute atomic E-state index is 0.000957. The second-order valence-corrected chi connectivity index (χ2v) is 8.60. The molecule has 0 N–H and O–H groups in total. The Morgan fingerprint density at radius 2 is 1.88 bits per heavy atom. The maximum Gasteiger partial charge on any atom is 0.262 e. The van der Waals surface area contributed by atoms with E-state index < -0.39 is 10.0 Å². The zero-order valence-electron chi connectivity index (χ0n) is 15.3. The van der Waals surface area contributed by atoms with Crippen LogP contribution < -0.4 is 4.90 Å². The summed E-state index contributed by atoms with van der Waals surface area (Å²) in [4.78, 5) is 18.1. The summed E-state index contributed by atoms with van der Waals surface area (Å²) in [7, 11) is -1.85. The molecule has 1 aromatic heterocycles. The number of benzene rings is 1. The Hall–Kier alpha value is -2.19. The van der Waals surface area contributed by atoms with Crippen LogP contribution in [-0.2, 0) is 21.4 Å². The number of anilines is 1. The molecule has 1 amide bonds. The topological polar surface area (TPSA) is 75.5 Å². The summed E-state index contributed by atoms with van der Waals surface area (Å²) in [6.07, 6.45) is 4.58. The zero-order valence-corrected chi connectivity index (χ0v) is 16.2. The summed E-state index contributed by atoms with van der Waals surface area (Å²) in [5.74, 6) is -0.143. The fraction of sp³-hybridized carbons (Fsp3) is 0.444. The van der Waals surface area contributed by atoms with Crippen molar-refractivity contribution >= 4 is 21.6 Å². The third-order valence-corrected chi connectivity index (χ3v) is 6.63. The lowest BCUT2D eigenvalue weighted by Crippen LogP contribution is -2.30. The molecule has 140 valence electrons. The first-order valence-corrected chi connectivity index (χ1v) is 10.1. The van der Waals surface area contributed by atoms with E-state index in [0.717, 1.165) is 24.1 Å². The minimum atomic E-state index is -3.56. The number of rotatable bonds is 5. The average molecular weight is 376 g/mol. The number of aromatic nitrogens is 2. The van der Waals surface area contributed by atoms with Gasteiger partial charge in [0.15, 0.2) is 5.03 Å². The van der Waals surface area contributed by atoms with Crippen LogP contribution in [0.4, 0.5) is 5.69 Å². The van der Waals surface area contributed by atoms with Gasteiger partial charge in [-0.3, -0.25) is 4.79 Å². The number of amides is 1. The van der Waals surface area contributed by atoms with Crippen LogP contribution in [-0.4, -0.2) is 48.3 Å². The van der Waals surface area contributed by atoms with Gasteiger partial charge in [-0.2, -0.15) is 4.31 Å². The fourth-order valence-corrected chi connectivity index (χ4v) is 4.41. The highest BCUT2D eigenvalue weighted by atomic mass is 32.2. The Morgan fingerprint density at radius 3 is 2.54 bits per heavy atom. The number of carbonyl (C=O) groups excluding carboxylic acids is 1. The molecule has 3 rings (SSSR count). The smallest absolute Gasteiger partial charge is 0.262 e. The molecule has 2 heterocycles. The van der Waals surface area contributed by atoms with Crippen LogP contribution in [0.15, 0.2) is 35.7 Å². The largest absolute Gasteiger partial charge is 0.327 e. The van der Waals surface area contributed by atoms with Gasteiger partial charge in [-0.15, -0.1) is 0 Å². The van der Waals surface area contributed by atoms with Crippen LogP contribution in [0.3, 0.4) is 0 Å². The molecule has 1 aliphatic rings. The second kappa shape index (κ2) is 7.20. The van der Waals surface area contributed by atoms with Crippen LogP contribution in [0, 0.1) is 13.8 Å². The van der Waals surface area contributed by atoms with Crippen LogP contribution in [0.5, 0.6) is 0 Å². The Morgan fingerprint density at radius 1 is 1.19 bits per heavy atom. The highest BCUT2D eigenvalue weighted by Gasteiger charge is 2.29. The SMILES string of the molecule is Cc1ccc(N(C)C(=O)Cn2cnc(S(=O)(=O)N3CCCC3)c2)cc1C. The molecule has 0 bridgehead atoms. The lowest BCUT2D eigenvalue weighted by molar-refractivity contribution is -0.118. The molecule has 0 unspecified atom stereocenters. The first kappa shape index (κ1) is 18.6. The summed E-state index contributed by atoms with van der Waals surface area (Å²) in [6, 6.07) is 5.84. The summed E-state index contributed by atoms with van der Waals surface area (Å²) in [5.41, 5.74) is 3.09. The molecular weight excluding hydrogens is 352 g/mol. The molecule has 2 aromatic rings. The van der Waals surface area contributed by atoms with Crippen molar-refractivity contribution in [3.05, 3.63) is 41.9 Å². The molecule has 1 aliphatic heterocycles. The first-order chi connectivity index (χ1) is 12.3. The monoisotopic (exact) mass is 376 g/mol. The predicted molar refractivity (Wildman–Crippen MR) is 99.5 cm³/mol. The highest BCUT2D eigenvalue weighted by molar-refractivity contribution is 7.89. The Kier molecular flexibility index (Phi) is 5.15. The van der Waals surface area contributed by atoms with Crippen LogP contribution in [0.2, 0.25) is 0 Å². The van der Waals surface area contributed by atoms with E-state index in [4.69, 9.17) is 0 Å². The summed E-state index contributed by atoms with van der Waals surface area (Å²) in [5, 5.41) is 0.000957. The van der Waals surface area contributed by atoms with Gasteiger partial charge >= 0.3 is 0 Å². The number of nitrogens with zero attached hydrogens (tertiary/aromatic N) is 4. The number of sulfonamides is 1. The number of hydrogen-bond donors (Lipinski definition) is 0. The molecule has 1 aromatic carbocycles. The number of hydrogen-bond acceptors (Lipinski definition) is 4. The third-order valence-electron chi connectivity index (χ3n) is 4.85. The maximum atomic E-state index is 12.5. The summed E-state index contributed by atoms with van der Waals surface area (Å²) < 4.78 is 28.0. The quantitative estimate of drug-likeness (QED) is 0.799. The number of likely N-dealkylation sites (N-methyl/N-ethyl adjacent to an activating group) is 1. The van der Waals surface area contributed by atoms with E-state index in [2.05, 4.69) is 4.98 Å². The average Bonchev–Trinajstić information content (AvgIpc) is 3.28. The predicted octanol–water partition coefficient (Wildman–Crippen LogP) is 1.95. The normalized spacial score (nSPS) is 15.3. The molecule has 8 heteroatoms. The van der Waals surface area contributed by atoms with Gasteiger partial charge in [0.2, 0.25) is 5.91 Å². The molecule has 1 saturated heterocycles. The number of carbonyl (C=O) groups is 1. The van der Waals surface area contributed by atoms with Crippen molar-refractivity contribution in [2.75, 3.05) is 25.0 Å². The highest BCUT2D eigenvalue weighted by Crippen LogP contribution is 2.20. The summed E-state index contributed by atoms with van der Waals surface area (Å²) >= 11 is 0. The summed E-state index contributed by atoms with van der Waals surface area (Å²) in [6.45, 7) is 5.12. The second-order valence-electron chi connectivity index (χ2n) is 6.72. The van der Waals surface area contributed by atoms with E-state index >= 15 is 0 Å². The molecular formula is C18H24N4O3S. The van der Waals surface area contributed by atoms with Crippen molar-refractivity contribution in [3.63, 3.8) is 0 Å². The maximum absolute atomic E-state index is 12.5. The van der Waals surface area contributed by atoms with Gasteiger partial charge in [-0.05, 0) is 49.9 Å². The molecule has 26 heavy (non-hydrogen) atoms. The van der Waals surface area contributed by atoms with Gasteiger partial charge < -0.3 is 9.47 Å². The van der Waals surface area contributed by atoms with Gasteiger partial charge in [0.1, 0.15) is 6.54 Å².